The van der Waals surface area contributed by atoms with Crippen LogP contribution >= 0.6 is 11.8 Å². The van der Waals surface area contributed by atoms with Gasteiger partial charge in [-0.25, -0.2) is 4.98 Å². The van der Waals surface area contributed by atoms with E-state index >= 15 is 0 Å². The summed E-state index contributed by atoms with van der Waals surface area (Å²) in [6.45, 7) is 0.925. The molecule has 0 atom stereocenters. The summed E-state index contributed by atoms with van der Waals surface area (Å²) in [6, 6.07) is 10.6. The van der Waals surface area contributed by atoms with E-state index in [0.29, 0.717) is 5.69 Å². The Balaban J connectivity index is 2.09. The standard InChI is InChI=1S/C15H15N3S/c1-19-12-7-5-11(6-8-12)15-13(10-16)18-9-3-2-4-14(18)17-15/h5-8H,2-4,9H2,1H3. The molecule has 4 heteroatoms. The van der Waals surface area contributed by atoms with Gasteiger partial charge in [0.2, 0.25) is 0 Å². The van der Waals surface area contributed by atoms with Crippen molar-refractivity contribution in [3.63, 3.8) is 0 Å². The summed E-state index contributed by atoms with van der Waals surface area (Å²) in [5.41, 5.74) is 2.59. The Morgan fingerprint density at radius 1 is 1.26 bits per heavy atom. The van der Waals surface area contributed by atoms with Crippen molar-refractivity contribution in [1.29, 1.82) is 5.26 Å². The van der Waals surface area contributed by atoms with E-state index in [-0.39, 0.29) is 0 Å². The first-order valence-corrected chi connectivity index (χ1v) is 7.70. The lowest BCUT2D eigenvalue weighted by Gasteiger charge is -2.13. The van der Waals surface area contributed by atoms with E-state index < -0.39 is 0 Å². The maximum Gasteiger partial charge on any atom is 0.148 e. The number of rotatable bonds is 2. The number of aromatic nitrogens is 2. The Hall–Kier alpha value is -1.73. The number of benzene rings is 1. The summed E-state index contributed by atoms with van der Waals surface area (Å²) in [4.78, 5) is 5.91. The second-order valence-corrected chi connectivity index (χ2v) is 5.55. The third kappa shape index (κ3) is 2.15. The van der Waals surface area contributed by atoms with Crippen LogP contribution in [-0.2, 0) is 13.0 Å². The van der Waals surface area contributed by atoms with Gasteiger partial charge >= 0.3 is 0 Å². The van der Waals surface area contributed by atoms with E-state index in [1.165, 1.54) is 11.3 Å². The lowest BCUT2D eigenvalue weighted by Crippen LogP contribution is -2.11. The van der Waals surface area contributed by atoms with Gasteiger partial charge in [0, 0.05) is 23.4 Å². The maximum atomic E-state index is 9.41. The number of hydrogen-bond donors (Lipinski definition) is 0. The van der Waals surface area contributed by atoms with Crippen LogP contribution < -0.4 is 0 Å². The van der Waals surface area contributed by atoms with Crippen LogP contribution in [0, 0.1) is 11.3 Å². The molecule has 2 heterocycles. The maximum absolute atomic E-state index is 9.41. The van der Waals surface area contributed by atoms with Gasteiger partial charge in [-0.05, 0) is 31.2 Å². The molecule has 3 nitrogen and oxygen atoms in total. The highest BCUT2D eigenvalue weighted by molar-refractivity contribution is 7.98. The van der Waals surface area contributed by atoms with Crippen LogP contribution in [0.4, 0.5) is 0 Å². The molecular weight excluding hydrogens is 254 g/mol. The third-order valence-electron chi connectivity index (χ3n) is 3.55. The monoisotopic (exact) mass is 269 g/mol. The average Bonchev–Trinajstić information content (AvgIpc) is 2.85. The summed E-state index contributed by atoms with van der Waals surface area (Å²) in [7, 11) is 0. The van der Waals surface area contributed by atoms with Crippen molar-refractivity contribution in [2.75, 3.05) is 6.26 Å². The first-order chi connectivity index (χ1) is 9.33. The molecule has 0 spiro atoms. The molecule has 0 N–H and O–H groups in total. The van der Waals surface area contributed by atoms with Crippen LogP contribution in [0.1, 0.15) is 24.4 Å². The molecule has 1 aromatic heterocycles. The first kappa shape index (κ1) is 12.3. The van der Waals surface area contributed by atoms with Gasteiger partial charge in [0.1, 0.15) is 23.3 Å². The number of fused-ring (bicyclic) bond motifs is 1. The second-order valence-electron chi connectivity index (χ2n) is 4.67. The highest BCUT2D eigenvalue weighted by Crippen LogP contribution is 2.28. The lowest BCUT2D eigenvalue weighted by molar-refractivity contribution is 0.519. The Kier molecular flexibility index (Phi) is 3.31. The van der Waals surface area contributed by atoms with Crippen molar-refractivity contribution >= 4 is 11.8 Å². The average molecular weight is 269 g/mol. The highest BCUT2D eigenvalue weighted by atomic mass is 32.2. The first-order valence-electron chi connectivity index (χ1n) is 6.47. The van der Waals surface area contributed by atoms with E-state index in [4.69, 9.17) is 0 Å². The highest BCUT2D eigenvalue weighted by Gasteiger charge is 2.20. The molecule has 1 aliphatic heterocycles. The molecule has 1 aromatic carbocycles. The molecule has 0 radical (unpaired) electrons. The lowest BCUT2D eigenvalue weighted by atomic mass is 10.1. The zero-order valence-corrected chi connectivity index (χ0v) is 11.7. The summed E-state index contributed by atoms with van der Waals surface area (Å²) < 4.78 is 2.08. The molecule has 0 saturated carbocycles. The molecule has 2 aromatic rings. The van der Waals surface area contributed by atoms with Gasteiger partial charge in [-0.1, -0.05) is 12.1 Å². The Bertz CT molecular complexity index is 635. The fourth-order valence-electron chi connectivity index (χ4n) is 2.55. The normalized spacial score (nSPS) is 13.9. The SMILES string of the molecule is CSc1ccc(-c2nc3n(c2C#N)CCCC3)cc1. The number of aryl methyl sites for hydroxylation is 1. The molecule has 0 bridgehead atoms. The smallest absolute Gasteiger partial charge is 0.148 e. The number of imidazole rings is 1. The fraction of sp³-hybridized carbons (Fsp3) is 0.333. The van der Waals surface area contributed by atoms with E-state index in [1.807, 2.05) is 0 Å². The molecule has 0 saturated heterocycles. The summed E-state index contributed by atoms with van der Waals surface area (Å²) in [5.74, 6) is 1.06. The van der Waals surface area contributed by atoms with Gasteiger partial charge in [-0.15, -0.1) is 11.8 Å². The predicted octanol–water partition coefficient (Wildman–Crippen LogP) is 3.48. The van der Waals surface area contributed by atoms with Gasteiger partial charge in [-0.2, -0.15) is 5.26 Å². The van der Waals surface area contributed by atoms with Gasteiger partial charge < -0.3 is 4.57 Å². The third-order valence-corrected chi connectivity index (χ3v) is 4.29. The number of nitrogens with zero attached hydrogens (tertiary/aromatic N) is 3. The van der Waals surface area contributed by atoms with Gasteiger partial charge in [0.15, 0.2) is 0 Å². The largest absolute Gasteiger partial charge is 0.319 e. The molecule has 0 fully saturated rings. The molecule has 96 valence electrons. The van der Waals surface area contributed by atoms with Gasteiger partial charge in [0.05, 0.1) is 0 Å². The Morgan fingerprint density at radius 3 is 2.74 bits per heavy atom. The molecule has 0 aliphatic carbocycles. The Labute approximate surface area is 117 Å². The van der Waals surface area contributed by atoms with Crippen molar-refractivity contribution in [3.05, 3.63) is 35.8 Å². The molecular formula is C15H15N3S. The van der Waals surface area contributed by atoms with Crippen LogP contribution in [0.25, 0.3) is 11.3 Å². The quantitative estimate of drug-likeness (QED) is 0.784. The fourth-order valence-corrected chi connectivity index (χ4v) is 2.96. The minimum Gasteiger partial charge on any atom is -0.319 e. The molecule has 0 unspecified atom stereocenters. The summed E-state index contributed by atoms with van der Waals surface area (Å²) in [5, 5.41) is 9.41. The number of nitriles is 1. The minimum absolute atomic E-state index is 0.714. The van der Waals surface area contributed by atoms with E-state index in [2.05, 4.69) is 46.1 Å². The minimum atomic E-state index is 0.714. The van der Waals surface area contributed by atoms with Crippen LogP contribution in [-0.4, -0.2) is 15.8 Å². The van der Waals surface area contributed by atoms with Crippen molar-refractivity contribution in [3.8, 4) is 17.3 Å². The van der Waals surface area contributed by atoms with E-state index in [9.17, 15) is 5.26 Å². The summed E-state index contributed by atoms with van der Waals surface area (Å²) in [6.07, 6.45) is 5.36. The van der Waals surface area contributed by atoms with Crippen LogP contribution in [0.3, 0.4) is 0 Å². The van der Waals surface area contributed by atoms with Crippen molar-refractivity contribution < 1.29 is 0 Å². The molecule has 3 rings (SSSR count). The van der Waals surface area contributed by atoms with E-state index in [1.54, 1.807) is 11.8 Å². The second kappa shape index (κ2) is 5.10. The zero-order valence-electron chi connectivity index (χ0n) is 10.9. The van der Waals surface area contributed by atoms with Crippen LogP contribution in [0.2, 0.25) is 0 Å². The number of thioether (sulfide) groups is 1. The van der Waals surface area contributed by atoms with Crippen LogP contribution in [0.15, 0.2) is 29.2 Å². The van der Waals surface area contributed by atoms with Gasteiger partial charge in [0.25, 0.3) is 0 Å². The van der Waals surface area contributed by atoms with Crippen molar-refractivity contribution in [2.45, 2.75) is 30.7 Å². The molecule has 19 heavy (non-hydrogen) atoms. The predicted molar refractivity (Wildman–Crippen MR) is 77.1 cm³/mol. The Morgan fingerprint density at radius 2 is 2.05 bits per heavy atom. The number of hydrogen-bond acceptors (Lipinski definition) is 3. The topological polar surface area (TPSA) is 41.6 Å². The molecule has 0 amide bonds. The van der Waals surface area contributed by atoms with Gasteiger partial charge in [-0.3, -0.25) is 0 Å². The summed E-state index contributed by atoms with van der Waals surface area (Å²) >= 11 is 1.72. The van der Waals surface area contributed by atoms with Crippen molar-refractivity contribution in [2.24, 2.45) is 0 Å². The van der Waals surface area contributed by atoms with E-state index in [0.717, 1.165) is 36.5 Å². The zero-order chi connectivity index (χ0) is 13.2. The van der Waals surface area contributed by atoms with Crippen molar-refractivity contribution in [1.82, 2.24) is 9.55 Å². The molecule has 1 aliphatic rings. The van der Waals surface area contributed by atoms with Crippen LogP contribution in [0.5, 0.6) is 0 Å².